The Bertz CT molecular complexity index is 917. The van der Waals surface area contributed by atoms with Crippen molar-refractivity contribution in [3.8, 4) is 0 Å². The van der Waals surface area contributed by atoms with Gasteiger partial charge in [0.15, 0.2) is 0 Å². The third kappa shape index (κ3) is 6.62. The molecule has 0 atom stereocenters. The fourth-order valence-corrected chi connectivity index (χ4v) is 2.24. The number of amides is 2. The zero-order valence-corrected chi connectivity index (χ0v) is 15.9. The Hall–Kier alpha value is -3.94. The Morgan fingerprint density at radius 2 is 1.48 bits per heavy atom. The SMILES string of the molecule is COC(=O)CNC(=O)c1ccc(NC(=O)/C=C/c2ccc(C(=O)OC)cc2)cc1. The minimum atomic E-state index is -0.547. The van der Waals surface area contributed by atoms with Gasteiger partial charge < -0.3 is 20.1 Å². The van der Waals surface area contributed by atoms with E-state index in [2.05, 4.69) is 20.1 Å². The first kappa shape index (κ1) is 21.4. The van der Waals surface area contributed by atoms with Gasteiger partial charge in [0, 0.05) is 17.3 Å². The van der Waals surface area contributed by atoms with Crippen LogP contribution in [0.4, 0.5) is 5.69 Å². The number of ether oxygens (including phenoxy) is 2. The lowest BCUT2D eigenvalue weighted by Crippen LogP contribution is -2.30. The second-order valence-corrected chi connectivity index (χ2v) is 5.77. The van der Waals surface area contributed by atoms with Gasteiger partial charge in [0.2, 0.25) is 5.91 Å². The molecule has 2 rings (SSSR count). The normalized spacial score (nSPS) is 10.3. The van der Waals surface area contributed by atoms with Gasteiger partial charge in [-0.2, -0.15) is 0 Å². The van der Waals surface area contributed by atoms with Gasteiger partial charge in [-0.3, -0.25) is 14.4 Å². The molecule has 29 heavy (non-hydrogen) atoms. The number of methoxy groups -OCH3 is 2. The zero-order chi connectivity index (χ0) is 21.2. The minimum Gasteiger partial charge on any atom is -0.468 e. The van der Waals surface area contributed by atoms with Crippen LogP contribution in [0.5, 0.6) is 0 Å². The Morgan fingerprint density at radius 3 is 2.07 bits per heavy atom. The molecule has 2 aromatic rings. The Balaban J connectivity index is 1.90. The van der Waals surface area contributed by atoms with Gasteiger partial charge in [-0.25, -0.2) is 4.79 Å². The first-order chi connectivity index (χ1) is 13.9. The van der Waals surface area contributed by atoms with Crippen molar-refractivity contribution in [2.24, 2.45) is 0 Å². The number of carbonyl (C=O) groups excluding carboxylic acids is 4. The topological polar surface area (TPSA) is 111 Å². The predicted octanol–water partition coefficient (Wildman–Crippen LogP) is 2.03. The molecule has 0 aromatic heterocycles. The maximum absolute atomic E-state index is 12.0. The van der Waals surface area contributed by atoms with E-state index in [0.717, 1.165) is 5.56 Å². The highest BCUT2D eigenvalue weighted by Crippen LogP contribution is 2.11. The minimum absolute atomic E-state index is 0.223. The van der Waals surface area contributed by atoms with Gasteiger partial charge in [0.1, 0.15) is 6.54 Å². The van der Waals surface area contributed by atoms with Crippen molar-refractivity contribution in [3.05, 3.63) is 71.3 Å². The van der Waals surface area contributed by atoms with Gasteiger partial charge in [-0.15, -0.1) is 0 Å². The average molecular weight is 396 g/mol. The van der Waals surface area contributed by atoms with Crippen LogP contribution >= 0.6 is 0 Å². The van der Waals surface area contributed by atoms with Crippen molar-refractivity contribution in [2.75, 3.05) is 26.1 Å². The van der Waals surface area contributed by atoms with Crippen molar-refractivity contribution < 1.29 is 28.7 Å². The molecule has 0 aliphatic carbocycles. The molecular formula is C21H20N2O6. The third-order valence-electron chi connectivity index (χ3n) is 3.79. The molecule has 0 aliphatic heterocycles. The maximum atomic E-state index is 12.0. The summed E-state index contributed by atoms with van der Waals surface area (Å²) < 4.78 is 9.07. The molecule has 8 nitrogen and oxygen atoms in total. The van der Waals surface area contributed by atoms with Crippen LogP contribution in [-0.4, -0.2) is 44.5 Å². The van der Waals surface area contributed by atoms with E-state index in [4.69, 9.17) is 0 Å². The summed E-state index contributed by atoms with van der Waals surface area (Å²) in [6.45, 7) is -0.223. The Labute approximate surface area is 167 Å². The van der Waals surface area contributed by atoms with Gasteiger partial charge in [0.05, 0.1) is 19.8 Å². The van der Waals surface area contributed by atoms with Crippen LogP contribution in [0, 0.1) is 0 Å². The summed E-state index contributed by atoms with van der Waals surface area (Å²) in [6.07, 6.45) is 2.95. The van der Waals surface area contributed by atoms with E-state index in [-0.39, 0.29) is 12.5 Å². The predicted molar refractivity (Wildman–Crippen MR) is 106 cm³/mol. The summed E-state index contributed by atoms with van der Waals surface area (Å²) in [7, 11) is 2.54. The maximum Gasteiger partial charge on any atom is 0.337 e. The average Bonchev–Trinajstić information content (AvgIpc) is 2.76. The molecule has 0 saturated heterocycles. The monoisotopic (exact) mass is 396 g/mol. The number of hydrogen-bond acceptors (Lipinski definition) is 6. The van der Waals surface area contributed by atoms with Gasteiger partial charge in [0.25, 0.3) is 5.91 Å². The van der Waals surface area contributed by atoms with Crippen molar-refractivity contribution in [2.45, 2.75) is 0 Å². The molecule has 2 N–H and O–H groups in total. The molecule has 0 unspecified atom stereocenters. The highest BCUT2D eigenvalue weighted by atomic mass is 16.5. The number of hydrogen-bond donors (Lipinski definition) is 2. The number of esters is 2. The molecule has 2 aromatic carbocycles. The smallest absolute Gasteiger partial charge is 0.337 e. The van der Waals surface area contributed by atoms with Crippen molar-refractivity contribution in [3.63, 3.8) is 0 Å². The molecule has 0 heterocycles. The molecule has 0 aliphatic rings. The van der Waals surface area contributed by atoms with E-state index in [9.17, 15) is 19.2 Å². The summed E-state index contributed by atoms with van der Waals surface area (Å²) in [4.78, 5) is 46.4. The lowest BCUT2D eigenvalue weighted by molar-refractivity contribution is -0.139. The first-order valence-electron chi connectivity index (χ1n) is 8.55. The first-order valence-corrected chi connectivity index (χ1v) is 8.55. The van der Waals surface area contributed by atoms with Crippen LogP contribution < -0.4 is 10.6 Å². The van der Waals surface area contributed by atoms with E-state index in [1.54, 1.807) is 42.5 Å². The van der Waals surface area contributed by atoms with Gasteiger partial charge in [-0.05, 0) is 48.0 Å². The number of nitrogens with one attached hydrogen (secondary N) is 2. The summed E-state index contributed by atoms with van der Waals surface area (Å²) >= 11 is 0. The second kappa shape index (κ2) is 10.4. The second-order valence-electron chi connectivity index (χ2n) is 5.77. The fraction of sp³-hybridized carbons (Fsp3) is 0.143. The standard InChI is InChI=1S/C21H20N2O6/c1-28-19(25)13-22-20(26)15-8-10-17(11-9-15)23-18(24)12-5-14-3-6-16(7-4-14)21(27)29-2/h3-12H,13H2,1-2H3,(H,22,26)(H,23,24)/b12-5+. The van der Waals surface area contributed by atoms with E-state index in [1.807, 2.05) is 0 Å². The highest BCUT2D eigenvalue weighted by molar-refractivity contribution is 6.02. The molecule has 2 amide bonds. The summed E-state index contributed by atoms with van der Waals surface area (Å²) in [5.74, 6) is -1.76. The number of carbonyl (C=O) groups is 4. The molecule has 0 radical (unpaired) electrons. The molecule has 0 fully saturated rings. The fourth-order valence-electron chi connectivity index (χ4n) is 2.24. The van der Waals surface area contributed by atoms with E-state index >= 15 is 0 Å². The zero-order valence-electron chi connectivity index (χ0n) is 15.9. The highest BCUT2D eigenvalue weighted by Gasteiger charge is 2.08. The largest absolute Gasteiger partial charge is 0.468 e. The van der Waals surface area contributed by atoms with Crippen molar-refractivity contribution in [1.82, 2.24) is 5.32 Å². The molecule has 0 saturated carbocycles. The lowest BCUT2D eigenvalue weighted by atomic mass is 10.1. The molecule has 0 bridgehead atoms. The molecular weight excluding hydrogens is 376 g/mol. The number of rotatable bonds is 7. The van der Waals surface area contributed by atoms with Gasteiger partial charge >= 0.3 is 11.9 Å². The number of anilines is 1. The van der Waals surface area contributed by atoms with Crippen molar-refractivity contribution >= 4 is 35.5 Å². The Morgan fingerprint density at radius 1 is 0.862 bits per heavy atom. The lowest BCUT2D eigenvalue weighted by Gasteiger charge is -2.06. The van der Waals surface area contributed by atoms with Crippen LogP contribution in [0.2, 0.25) is 0 Å². The van der Waals surface area contributed by atoms with Crippen LogP contribution in [0.3, 0.4) is 0 Å². The summed E-state index contributed by atoms with van der Waals surface area (Å²) in [5, 5.41) is 5.09. The van der Waals surface area contributed by atoms with Crippen LogP contribution in [0.25, 0.3) is 6.08 Å². The Kier molecular flexibility index (Phi) is 7.67. The van der Waals surface area contributed by atoms with Crippen molar-refractivity contribution in [1.29, 1.82) is 0 Å². The van der Waals surface area contributed by atoms with E-state index in [1.165, 1.54) is 32.4 Å². The van der Waals surface area contributed by atoms with Crippen LogP contribution in [0.1, 0.15) is 26.3 Å². The van der Waals surface area contributed by atoms with E-state index < -0.39 is 17.8 Å². The van der Waals surface area contributed by atoms with E-state index in [0.29, 0.717) is 16.8 Å². The van der Waals surface area contributed by atoms with Crippen LogP contribution in [0.15, 0.2) is 54.6 Å². The quantitative estimate of drug-likeness (QED) is 0.547. The van der Waals surface area contributed by atoms with Gasteiger partial charge in [-0.1, -0.05) is 12.1 Å². The molecule has 8 heteroatoms. The molecule has 150 valence electrons. The molecule has 0 spiro atoms. The third-order valence-corrected chi connectivity index (χ3v) is 3.79. The summed E-state index contributed by atoms with van der Waals surface area (Å²) in [5.41, 5.74) is 2.01. The van der Waals surface area contributed by atoms with Crippen LogP contribution in [-0.2, 0) is 19.1 Å². The summed E-state index contributed by atoms with van der Waals surface area (Å²) in [6, 6.07) is 12.8. The number of benzene rings is 2.